The molecule has 0 radical (unpaired) electrons. The Morgan fingerprint density at radius 2 is 2.44 bits per heavy atom. The SMILES string of the molecule is CCC1CN=C(C)N1C. The predicted octanol–water partition coefficient (Wildman–Crippen LogP) is 1.13. The maximum absolute atomic E-state index is 4.31. The van der Waals surface area contributed by atoms with Gasteiger partial charge < -0.3 is 4.90 Å². The Bertz CT molecular complexity index is 129. The second kappa shape index (κ2) is 2.38. The summed E-state index contributed by atoms with van der Waals surface area (Å²) in [5, 5.41) is 0. The van der Waals surface area contributed by atoms with Crippen molar-refractivity contribution in [2.24, 2.45) is 4.99 Å². The summed E-state index contributed by atoms with van der Waals surface area (Å²) in [4.78, 5) is 6.56. The second-order valence-electron chi connectivity index (χ2n) is 2.56. The minimum Gasteiger partial charge on any atom is -0.359 e. The van der Waals surface area contributed by atoms with Crippen LogP contribution in [-0.2, 0) is 0 Å². The first kappa shape index (κ1) is 6.59. The lowest BCUT2D eigenvalue weighted by Gasteiger charge is -2.19. The van der Waals surface area contributed by atoms with Gasteiger partial charge in [-0.1, -0.05) is 6.92 Å². The Labute approximate surface area is 56.6 Å². The smallest absolute Gasteiger partial charge is 0.0958 e. The maximum Gasteiger partial charge on any atom is 0.0958 e. The van der Waals surface area contributed by atoms with Crippen molar-refractivity contribution in [3.8, 4) is 0 Å². The number of aliphatic imine (C=N–C) groups is 1. The summed E-state index contributed by atoms with van der Waals surface area (Å²) in [7, 11) is 2.11. The zero-order valence-electron chi connectivity index (χ0n) is 6.39. The van der Waals surface area contributed by atoms with Gasteiger partial charge in [-0.25, -0.2) is 0 Å². The van der Waals surface area contributed by atoms with Crippen molar-refractivity contribution in [3.05, 3.63) is 0 Å². The molecule has 0 aromatic rings. The van der Waals surface area contributed by atoms with Crippen LogP contribution in [0.4, 0.5) is 0 Å². The van der Waals surface area contributed by atoms with Crippen LogP contribution in [0.25, 0.3) is 0 Å². The van der Waals surface area contributed by atoms with Gasteiger partial charge in [-0.15, -0.1) is 0 Å². The normalized spacial score (nSPS) is 26.8. The van der Waals surface area contributed by atoms with Gasteiger partial charge in [0.05, 0.1) is 12.4 Å². The fraction of sp³-hybridized carbons (Fsp3) is 0.857. The van der Waals surface area contributed by atoms with E-state index in [0.29, 0.717) is 6.04 Å². The van der Waals surface area contributed by atoms with Gasteiger partial charge >= 0.3 is 0 Å². The van der Waals surface area contributed by atoms with Crippen LogP contribution in [-0.4, -0.2) is 30.4 Å². The molecule has 0 spiro atoms. The molecule has 1 unspecified atom stereocenters. The van der Waals surface area contributed by atoms with E-state index in [2.05, 4.69) is 30.8 Å². The molecule has 52 valence electrons. The van der Waals surface area contributed by atoms with Gasteiger partial charge in [0.25, 0.3) is 0 Å². The van der Waals surface area contributed by atoms with E-state index in [0.717, 1.165) is 6.54 Å². The van der Waals surface area contributed by atoms with Crippen molar-refractivity contribution in [3.63, 3.8) is 0 Å². The second-order valence-corrected chi connectivity index (χ2v) is 2.56. The number of likely N-dealkylation sites (N-methyl/N-ethyl adjacent to an activating group) is 1. The molecule has 0 saturated heterocycles. The van der Waals surface area contributed by atoms with Gasteiger partial charge in [-0.05, 0) is 13.3 Å². The van der Waals surface area contributed by atoms with Crippen LogP contribution < -0.4 is 0 Å². The standard InChI is InChI=1S/C7H14N2/c1-4-7-5-8-6(2)9(7)3/h7H,4-5H2,1-3H3. The van der Waals surface area contributed by atoms with Crippen LogP contribution in [0.1, 0.15) is 20.3 Å². The zero-order valence-corrected chi connectivity index (χ0v) is 6.39. The van der Waals surface area contributed by atoms with Crippen LogP contribution in [0, 0.1) is 0 Å². The highest BCUT2D eigenvalue weighted by molar-refractivity contribution is 5.81. The van der Waals surface area contributed by atoms with Crippen molar-refractivity contribution in [1.82, 2.24) is 4.90 Å². The van der Waals surface area contributed by atoms with E-state index in [1.807, 2.05) is 0 Å². The van der Waals surface area contributed by atoms with Crippen molar-refractivity contribution in [1.29, 1.82) is 0 Å². The lowest BCUT2D eigenvalue weighted by Crippen LogP contribution is -2.30. The van der Waals surface area contributed by atoms with E-state index in [1.54, 1.807) is 0 Å². The molecule has 1 aliphatic heterocycles. The average Bonchev–Trinajstić information content (AvgIpc) is 2.15. The molecule has 0 aliphatic carbocycles. The molecule has 1 atom stereocenters. The molecule has 1 rings (SSSR count). The summed E-state index contributed by atoms with van der Waals surface area (Å²) < 4.78 is 0. The maximum atomic E-state index is 4.31. The minimum atomic E-state index is 0.671. The van der Waals surface area contributed by atoms with Crippen molar-refractivity contribution in [2.75, 3.05) is 13.6 Å². The Balaban J connectivity index is 2.51. The van der Waals surface area contributed by atoms with E-state index >= 15 is 0 Å². The number of nitrogens with zero attached hydrogens (tertiary/aromatic N) is 2. The highest BCUT2D eigenvalue weighted by Crippen LogP contribution is 2.09. The summed E-state index contributed by atoms with van der Waals surface area (Å²) in [5.41, 5.74) is 0. The van der Waals surface area contributed by atoms with Gasteiger partial charge in [-0.2, -0.15) is 0 Å². The summed E-state index contributed by atoms with van der Waals surface area (Å²) in [6.45, 7) is 5.27. The van der Waals surface area contributed by atoms with Gasteiger partial charge in [-0.3, -0.25) is 4.99 Å². The lowest BCUT2D eigenvalue weighted by atomic mass is 10.2. The Morgan fingerprint density at radius 3 is 2.67 bits per heavy atom. The molecule has 9 heavy (non-hydrogen) atoms. The number of hydrogen-bond acceptors (Lipinski definition) is 2. The first-order chi connectivity index (χ1) is 4.25. The molecular formula is C7H14N2. The fourth-order valence-electron chi connectivity index (χ4n) is 1.14. The lowest BCUT2D eigenvalue weighted by molar-refractivity contribution is 0.392. The van der Waals surface area contributed by atoms with Crippen LogP contribution in [0.2, 0.25) is 0 Å². The highest BCUT2D eigenvalue weighted by atomic mass is 15.2. The molecule has 1 aliphatic rings. The topological polar surface area (TPSA) is 15.6 Å². The van der Waals surface area contributed by atoms with Gasteiger partial charge in [0.2, 0.25) is 0 Å². The third-order valence-corrected chi connectivity index (χ3v) is 2.06. The van der Waals surface area contributed by atoms with E-state index in [-0.39, 0.29) is 0 Å². The Hall–Kier alpha value is -0.530. The molecule has 0 N–H and O–H groups in total. The van der Waals surface area contributed by atoms with Crippen molar-refractivity contribution < 1.29 is 0 Å². The quantitative estimate of drug-likeness (QED) is 0.514. The first-order valence-electron chi connectivity index (χ1n) is 3.49. The van der Waals surface area contributed by atoms with E-state index in [4.69, 9.17) is 0 Å². The van der Waals surface area contributed by atoms with E-state index < -0.39 is 0 Å². The molecule has 2 nitrogen and oxygen atoms in total. The average molecular weight is 126 g/mol. The summed E-state index contributed by atoms with van der Waals surface area (Å²) in [6, 6.07) is 0.671. The molecule has 2 heteroatoms. The summed E-state index contributed by atoms with van der Waals surface area (Å²) in [5.74, 6) is 1.18. The molecular weight excluding hydrogens is 112 g/mol. The third-order valence-electron chi connectivity index (χ3n) is 2.06. The Morgan fingerprint density at radius 1 is 1.78 bits per heavy atom. The molecule has 0 aromatic carbocycles. The highest BCUT2D eigenvalue weighted by Gasteiger charge is 2.18. The first-order valence-corrected chi connectivity index (χ1v) is 3.49. The molecule has 0 fully saturated rings. The monoisotopic (exact) mass is 126 g/mol. The number of amidine groups is 1. The third kappa shape index (κ3) is 1.07. The largest absolute Gasteiger partial charge is 0.359 e. The fourth-order valence-corrected chi connectivity index (χ4v) is 1.14. The van der Waals surface area contributed by atoms with Crippen LogP contribution in [0.3, 0.4) is 0 Å². The molecule has 0 saturated carbocycles. The van der Waals surface area contributed by atoms with Crippen molar-refractivity contribution in [2.45, 2.75) is 26.3 Å². The number of hydrogen-bond donors (Lipinski definition) is 0. The summed E-state index contributed by atoms with van der Waals surface area (Å²) >= 11 is 0. The van der Waals surface area contributed by atoms with Gasteiger partial charge in [0.15, 0.2) is 0 Å². The Kier molecular flexibility index (Phi) is 1.74. The zero-order chi connectivity index (χ0) is 6.85. The van der Waals surface area contributed by atoms with E-state index in [1.165, 1.54) is 12.3 Å². The number of rotatable bonds is 1. The van der Waals surface area contributed by atoms with E-state index in [9.17, 15) is 0 Å². The predicted molar refractivity (Wildman–Crippen MR) is 39.8 cm³/mol. The van der Waals surface area contributed by atoms with Crippen LogP contribution >= 0.6 is 0 Å². The van der Waals surface area contributed by atoms with Crippen LogP contribution in [0.5, 0.6) is 0 Å². The van der Waals surface area contributed by atoms with Crippen LogP contribution in [0.15, 0.2) is 4.99 Å². The van der Waals surface area contributed by atoms with Crippen molar-refractivity contribution >= 4 is 5.84 Å². The molecule has 0 bridgehead atoms. The van der Waals surface area contributed by atoms with Gasteiger partial charge in [0, 0.05) is 13.1 Å². The summed E-state index contributed by atoms with van der Waals surface area (Å²) in [6.07, 6.45) is 1.21. The van der Waals surface area contributed by atoms with Gasteiger partial charge in [0.1, 0.15) is 0 Å². The molecule has 1 heterocycles. The molecule has 0 aromatic heterocycles. The molecule has 0 amide bonds. The minimum absolute atomic E-state index is 0.671.